The van der Waals surface area contributed by atoms with Gasteiger partial charge in [0.15, 0.2) is 6.54 Å². The summed E-state index contributed by atoms with van der Waals surface area (Å²) in [6.45, 7) is 3.48. The lowest BCUT2D eigenvalue weighted by Gasteiger charge is -2.19. The van der Waals surface area contributed by atoms with E-state index in [1.54, 1.807) is 23.1 Å². The molecule has 0 unspecified atom stereocenters. The van der Waals surface area contributed by atoms with Gasteiger partial charge in [0, 0.05) is 23.6 Å². The molecule has 4 nitrogen and oxygen atoms in total. The first kappa shape index (κ1) is 19.2. The molecule has 0 bridgehead atoms. The van der Waals surface area contributed by atoms with Crippen molar-refractivity contribution in [1.82, 2.24) is 0 Å². The molecule has 6 heteroatoms. The van der Waals surface area contributed by atoms with Crippen molar-refractivity contribution in [2.75, 3.05) is 24.7 Å². The molecule has 0 spiro atoms. The van der Waals surface area contributed by atoms with Gasteiger partial charge in [-0.2, -0.15) is 4.57 Å². The molecule has 144 valence electrons. The maximum atomic E-state index is 9.50. The second-order valence-electron chi connectivity index (χ2n) is 6.60. The van der Waals surface area contributed by atoms with E-state index in [4.69, 9.17) is 0 Å². The number of allylic oxidation sites excluding steroid dienone is 2. The van der Waals surface area contributed by atoms with Gasteiger partial charge >= 0.3 is 0 Å². The van der Waals surface area contributed by atoms with Crippen molar-refractivity contribution in [3.63, 3.8) is 0 Å². The number of anilines is 1. The quantitative estimate of drug-likeness (QED) is 0.601. The smallest absolute Gasteiger partial charge is 0.263 e. The van der Waals surface area contributed by atoms with Crippen LogP contribution in [0.4, 0.5) is 5.69 Å². The Labute approximate surface area is 173 Å². The minimum absolute atomic E-state index is 0.113. The van der Waals surface area contributed by atoms with E-state index in [2.05, 4.69) is 52.8 Å². The van der Waals surface area contributed by atoms with Gasteiger partial charge in [0.05, 0.1) is 17.3 Å². The van der Waals surface area contributed by atoms with Crippen LogP contribution in [-0.2, 0) is 6.54 Å². The standard InChI is InChI=1S/C22H23N2O2S2/c1-16(14-21-23(10-12-25)17-6-2-4-8-19(17)27-21)15-22-24(11-13-26)18-7-3-5-9-20(18)28-22/h2-9,14-15,25-26H,10-13H2,1H3/q+1. The number of aliphatic hydroxyl groups is 2. The Morgan fingerprint density at radius 1 is 1.07 bits per heavy atom. The number of fused-ring (bicyclic) bond motifs is 2. The molecular weight excluding hydrogens is 388 g/mol. The van der Waals surface area contributed by atoms with E-state index < -0.39 is 0 Å². The summed E-state index contributed by atoms with van der Waals surface area (Å²) in [6.07, 6.45) is 4.35. The third-order valence-corrected chi connectivity index (χ3v) is 6.85. The lowest BCUT2D eigenvalue weighted by atomic mass is 10.2. The molecule has 4 rings (SSSR count). The Bertz CT molecular complexity index is 1060. The van der Waals surface area contributed by atoms with Gasteiger partial charge in [-0.05, 0) is 36.8 Å². The average molecular weight is 412 g/mol. The molecule has 0 saturated heterocycles. The van der Waals surface area contributed by atoms with E-state index in [9.17, 15) is 10.2 Å². The van der Waals surface area contributed by atoms with Crippen LogP contribution in [0.3, 0.4) is 0 Å². The first-order chi connectivity index (χ1) is 13.7. The molecule has 1 aliphatic heterocycles. The molecule has 2 aromatic carbocycles. The summed E-state index contributed by atoms with van der Waals surface area (Å²) in [5.74, 6) is 0. The lowest BCUT2D eigenvalue weighted by molar-refractivity contribution is -0.670. The molecule has 2 N–H and O–H groups in total. The van der Waals surface area contributed by atoms with Crippen molar-refractivity contribution in [2.24, 2.45) is 0 Å². The van der Waals surface area contributed by atoms with Crippen LogP contribution < -0.4 is 9.47 Å². The van der Waals surface area contributed by atoms with Crippen molar-refractivity contribution in [1.29, 1.82) is 0 Å². The molecule has 0 atom stereocenters. The summed E-state index contributed by atoms with van der Waals surface area (Å²) < 4.78 is 3.39. The first-order valence-electron chi connectivity index (χ1n) is 9.29. The second-order valence-corrected chi connectivity index (χ2v) is 8.72. The van der Waals surface area contributed by atoms with Gasteiger partial charge in [-0.25, -0.2) is 0 Å². The highest BCUT2D eigenvalue weighted by Gasteiger charge is 2.24. The molecule has 2 heterocycles. The summed E-state index contributed by atoms with van der Waals surface area (Å²) >= 11 is 3.47. The van der Waals surface area contributed by atoms with E-state index in [1.807, 2.05) is 24.3 Å². The SMILES string of the molecule is CC(=Cc1sc2ccccc2[n+]1CCO)/C=C1\Sc2ccccc2N1CCO. The molecule has 0 radical (unpaired) electrons. The van der Waals surface area contributed by atoms with Crippen LogP contribution in [0.5, 0.6) is 0 Å². The fraction of sp³-hybridized carbons (Fsp3) is 0.227. The van der Waals surface area contributed by atoms with E-state index in [0.717, 1.165) is 26.8 Å². The number of aromatic nitrogens is 1. The van der Waals surface area contributed by atoms with E-state index in [-0.39, 0.29) is 13.2 Å². The Morgan fingerprint density at radius 2 is 1.86 bits per heavy atom. The number of thioether (sulfide) groups is 1. The average Bonchev–Trinajstić information content (AvgIpc) is 3.21. The number of nitrogens with zero attached hydrogens (tertiary/aromatic N) is 2. The number of thiazole rings is 1. The van der Waals surface area contributed by atoms with Crippen molar-refractivity contribution < 1.29 is 14.8 Å². The maximum absolute atomic E-state index is 9.50. The number of rotatable bonds is 6. The van der Waals surface area contributed by atoms with Crippen molar-refractivity contribution >= 4 is 45.1 Å². The second kappa shape index (κ2) is 8.49. The minimum atomic E-state index is 0.113. The number of hydrogen-bond acceptors (Lipinski definition) is 5. The Morgan fingerprint density at radius 3 is 2.68 bits per heavy atom. The molecule has 1 aliphatic rings. The summed E-state index contributed by atoms with van der Waals surface area (Å²) in [6, 6.07) is 16.6. The summed E-state index contributed by atoms with van der Waals surface area (Å²) in [7, 11) is 0. The van der Waals surface area contributed by atoms with E-state index in [0.29, 0.717) is 13.1 Å². The molecule has 1 aromatic heterocycles. The monoisotopic (exact) mass is 411 g/mol. The van der Waals surface area contributed by atoms with Gasteiger partial charge in [-0.1, -0.05) is 47.4 Å². The zero-order valence-corrected chi connectivity index (χ0v) is 17.3. The molecule has 0 saturated carbocycles. The summed E-state index contributed by atoms with van der Waals surface area (Å²) in [5.41, 5.74) is 3.44. The predicted octanol–water partition coefficient (Wildman–Crippen LogP) is 4.03. The Balaban J connectivity index is 1.70. The van der Waals surface area contributed by atoms with Crippen LogP contribution in [-0.4, -0.2) is 30.0 Å². The van der Waals surface area contributed by atoms with Crippen LogP contribution in [0.15, 0.2) is 70.1 Å². The first-order valence-corrected chi connectivity index (χ1v) is 10.9. The van der Waals surface area contributed by atoms with Crippen LogP contribution in [0.25, 0.3) is 16.3 Å². The van der Waals surface area contributed by atoms with Crippen molar-refractivity contribution in [3.05, 3.63) is 70.2 Å². The Kier molecular flexibility index (Phi) is 5.82. The van der Waals surface area contributed by atoms with Crippen LogP contribution in [0.2, 0.25) is 0 Å². The molecular formula is C22H23N2O2S2+. The van der Waals surface area contributed by atoms with Crippen LogP contribution in [0, 0.1) is 0 Å². The van der Waals surface area contributed by atoms with E-state index >= 15 is 0 Å². The van der Waals surface area contributed by atoms with Crippen molar-refractivity contribution in [3.8, 4) is 0 Å². The third-order valence-electron chi connectivity index (χ3n) is 4.62. The number of hydrogen-bond donors (Lipinski definition) is 2. The fourth-order valence-electron chi connectivity index (χ4n) is 3.41. The van der Waals surface area contributed by atoms with Gasteiger partial charge in [-0.15, -0.1) is 0 Å². The van der Waals surface area contributed by atoms with Crippen molar-refractivity contribution in [2.45, 2.75) is 18.4 Å². The molecule has 0 fully saturated rings. The highest BCUT2D eigenvalue weighted by molar-refractivity contribution is 8.03. The minimum Gasteiger partial charge on any atom is -0.395 e. The molecule has 28 heavy (non-hydrogen) atoms. The van der Waals surface area contributed by atoms with Gasteiger partial charge in [-0.3, -0.25) is 0 Å². The van der Waals surface area contributed by atoms with Gasteiger partial charge in [0.25, 0.3) is 5.01 Å². The number of aliphatic hydroxyl groups excluding tert-OH is 2. The summed E-state index contributed by atoms with van der Waals surface area (Å²) in [5, 5.41) is 21.2. The molecule has 0 aliphatic carbocycles. The van der Waals surface area contributed by atoms with Crippen LogP contribution >= 0.6 is 23.1 Å². The highest BCUT2D eigenvalue weighted by Crippen LogP contribution is 2.45. The number of para-hydroxylation sites is 2. The Hall–Kier alpha value is -2.12. The van der Waals surface area contributed by atoms with Gasteiger partial charge in [0.2, 0.25) is 5.52 Å². The topological polar surface area (TPSA) is 47.6 Å². The van der Waals surface area contributed by atoms with E-state index in [1.165, 1.54) is 9.60 Å². The fourth-order valence-corrected chi connectivity index (χ4v) is 5.81. The largest absolute Gasteiger partial charge is 0.395 e. The van der Waals surface area contributed by atoms with Gasteiger partial charge in [0.1, 0.15) is 11.3 Å². The highest BCUT2D eigenvalue weighted by atomic mass is 32.2. The molecule has 3 aromatic rings. The number of benzene rings is 2. The lowest BCUT2D eigenvalue weighted by Crippen LogP contribution is -2.36. The third kappa shape index (κ3) is 3.73. The maximum Gasteiger partial charge on any atom is 0.263 e. The van der Waals surface area contributed by atoms with Gasteiger partial charge < -0.3 is 15.1 Å². The number of β-amino-alcohol motifs (C(OH)–C–C–N with tert-alkyl or cyclic N) is 1. The normalized spacial score (nSPS) is 15.6. The zero-order valence-electron chi connectivity index (χ0n) is 15.7. The zero-order chi connectivity index (χ0) is 19.5. The predicted molar refractivity (Wildman–Crippen MR) is 118 cm³/mol. The molecule has 0 amide bonds. The summed E-state index contributed by atoms with van der Waals surface area (Å²) in [4.78, 5) is 3.39. The van der Waals surface area contributed by atoms with Crippen LogP contribution in [0.1, 0.15) is 11.9 Å².